The van der Waals surface area contributed by atoms with Gasteiger partial charge in [-0.2, -0.15) is 0 Å². The first-order valence-electron chi connectivity index (χ1n) is 9.83. The molecule has 32 heavy (non-hydrogen) atoms. The quantitative estimate of drug-likeness (QED) is 0.201. The number of carbonyl (C=O) groups excluding carboxylic acids is 4. The molecule has 0 saturated heterocycles. The van der Waals surface area contributed by atoms with E-state index >= 15 is 0 Å². The predicted molar refractivity (Wildman–Crippen MR) is 110 cm³/mol. The Hall–Kier alpha value is -4.08. The minimum Gasteiger partial charge on any atom is -0.464 e. The van der Waals surface area contributed by atoms with Gasteiger partial charge in [-0.05, 0) is 25.5 Å². The van der Waals surface area contributed by atoms with E-state index < -0.39 is 39.9 Å². The van der Waals surface area contributed by atoms with Crippen molar-refractivity contribution in [3.05, 3.63) is 75.3 Å². The van der Waals surface area contributed by atoms with Gasteiger partial charge in [0.15, 0.2) is 0 Å². The smallest absolute Gasteiger partial charge is 0.344 e. The lowest BCUT2D eigenvalue weighted by Gasteiger charge is -2.35. The maximum absolute atomic E-state index is 13.3. The van der Waals surface area contributed by atoms with Gasteiger partial charge in [0.1, 0.15) is 0 Å². The van der Waals surface area contributed by atoms with Crippen molar-refractivity contribution < 1.29 is 33.6 Å². The lowest BCUT2D eigenvalue weighted by atomic mass is 9.88. The third kappa shape index (κ3) is 3.70. The van der Waals surface area contributed by atoms with Crippen molar-refractivity contribution in [2.45, 2.75) is 25.8 Å². The largest absolute Gasteiger partial charge is 0.464 e. The number of nitro groups is 1. The van der Waals surface area contributed by atoms with E-state index in [4.69, 9.17) is 9.47 Å². The van der Waals surface area contributed by atoms with Gasteiger partial charge in [-0.1, -0.05) is 30.3 Å². The van der Waals surface area contributed by atoms with Gasteiger partial charge in [0.2, 0.25) is 5.54 Å². The SMILES string of the molecule is CCOC(=O)C(Cc1ccccc1)(C(=O)OCC)N1C(=O)c2ccc([N+](=O)[O-])cc2C1=O. The van der Waals surface area contributed by atoms with Gasteiger partial charge >= 0.3 is 11.9 Å². The number of benzene rings is 2. The number of non-ortho nitro benzene ring substituents is 1. The molecule has 0 bridgehead atoms. The maximum atomic E-state index is 13.3. The van der Waals surface area contributed by atoms with Gasteiger partial charge in [0.05, 0.1) is 29.3 Å². The Balaban J connectivity index is 2.22. The highest BCUT2D eigenvalue weighted by molar-refractivity contribution is 6.26. The molecule has 2 amide bonds. The summed E-state index contributed by atoms with van der Waals surface area (Å²) < 4.78 is 10.2. The van der Waals surface area contributed by atoms with Crippen LogP contribution in [0.1, 0.15) is 40.1 Å². The summed E-state index contributed by atoms with van der Waals surface area (Å²) in [6, 6.07) is 11.4. The Morgan fingerprint density at radius 1 is 0.938 bits per heavy atom. The van der Waals surface area contributed by atoms with Crippen molar-refractivity contribution in [2.75, 3.05) is 13.2 Å². The van der Waals surface area contributed by atoms with Crippen LogP contribution in [0.25, 0.3) is 0 Å². The predicted octanol–water partition coefficient (Wildman–Crippen LogP) is 2.30. The first-order chi connectivity index (χ1) is 15.3. The molecule has 1 aliphatic heterocycles. The molecule has 2 aromatic rings. The molecule has 0 N–H and O–H groups in total. The van der Waals surface area contributed by atoms with E-state index in [1.165, 1.54) is 13.8 Å². The van der Waals surface area contributed by atoms with Crippen molar-refractivity contribution in [2.24, 2.45) is 0 Å². The molecular formula is C22H20N2O8. The van der Waals surface area contributed by atoms with Gasteiger partial charge in [-0.15, -0.1) is 0 Å². The molecule has 0 spiro atoms. The van der Waals surface area contributed by atoms with Gasteiger partial charge < -0.3 is 9.47 Å². The Morgan fingerprint density at radius 3 is 2.03 bits per heavy atom. The zero-order valence-electron chi connectivity index (χ0n) is 17.4. The number of hydrogen-bond acceptors (Lipinski definition) is 8. The van der Waals surface area contributed by atoms with Gasteiger partial charge in [0.25, 0.3) is 17.5 Å². The summed E-state index contributed by atoms with van der Waals surface area (Å²) in [6.45, 7) is 2.79. The summed E-state index contributed by atoms with van der Waals surface area (Å²) in [5.41, 5.74) is -2.83. The first kappa shape index (κ1) is 22.6. The Labute approximate surface area is 182 Å². The Kier molecular flexibility index (Phi) is 6.33. The van der Waals surface area contributed by atoms with Crippen LogP contribution >= 0.6 is 0 Å². The topological polar surface area (TPSA) is 133 Å². The number of rotatable bonds is 8. The summed E-state index contributed by atoms with van der Waals surface area (Å²) >= 11 is 0. The highest BCUT2D eigenvalue weighted by Crippen LogP contribution is 2.35. The lowest BCUT2D eigenvalue weighted by molar-refractivity contribution is -0.384. The summed E-state index contributed by atoms with van der Waals surface area (Å²) in [7, 11) is 0. The Morgan fingerprint density at radius 2 is 1.50 bits per heavy atom. The van der Waals surface area contributed by atoms with E-state index in [1.54, 1.807) is 30.3 Å². The van der Waals surface area contributed by atoms with E-state index in [9.17, 15) is 29.3 Å². The van der Waals surface area contributed by atoms with Crippen LogP contribution in [0.15, 0.2) is 48.5 Å². The number of nitrogens with zero attached hydrogens (tertiary/aromatic N) is 2. The minimum atomic E-state index is -2.45. The second-order valence-corrected chi connectivity index (χ2v) is 6.90. The highest BCUT2D eigenvalue weighted by Gasteiger charge is 2.61. The zero-order chi connectivity index (χ0) is 23.5. The van der Waals surface area contributed by atoms with Crippen LogP contribution in [-0.2, 0) is 25.5 Å². The van der Waals surface area contributed by atoms with Crippen molar-refractivity contribution >= 4 is 29.4 Å². The number of imide groups is 1. The average molecular weight is 440 g/mol. The summed E-state index contributed by atoms with van der Waals surface area (Å²) in [5.74, 6) is -4.24. The van der Waals surface area contributed by atoms with Gasteiger partial charge in [-0.25, -0.2) is 14.5 Å². The maximum Gasteiger partial charge on any atom is 0.344 e. The first-order valence-corrected chi connectivity index (χ1v) is 9.83. The van der Waals surface area contributed by atoms with Crippen molar-refractivity contribution in [1.82, 2.24) is 4.90 Å². The molecule has 2 aromatic carbocycles. The van der Waals surface area contributed by atoms with Crippen molar-refractivity contribution in [3.8, 4) is 0 Å². The number of carbonyl (C=O) groups is 4. The van der Waals surface area contributed by atoms with E-state index in [0.717, 1.165) is 18.2 Å². The third-order valence-electron chi connectivity index (χ3n) is 4.99. The third-order valence-corrected chi connectivity index (χ3v) is 4.99. The molecule has 1 aliphatic rings. The number of esters is 2. The van der Waals surface area contributed by atoms with Crippen LogP contribution < -0.4 is 0 Å². The Bertz CT molecular complexity index is 1080. The standard InChI is InChI=1S/C22H20N2O8/c1-3-31-20(27)22(21(28)32-4-2,13-14-8-6-5-7-9-14)23-18(25)16-11-10-15(24(29)30)12-17(16)19(23)26/h5-12H,3-4,13H2,1-2H3. The fourth-order valence-corrected chi connectivity index (χ4v) is 3.57. The molecule has 166 valence electrons. The molecular weight excluding hydrogens is 420 g/mol. The van der Waals surface area contributed by atoms with E-state index in [-0.39, 0.29) is 30.8 Å². The molecule has 3 rings (SSSR count). The lowest BCUT2D eigenvalue weighted by Crippen LogP contribution is -2.64. The molecule has 0 aromatic heterocycles. The highest BCUT2D eigenvalue weighted by atomic mass is 16.6. The molecule has 0 aliphatic carbocycles. The van der Waals surface area contributed by atoms with E-state index in [0.29, 0.717) is 10.5 Å². The van der Waals surface area contributed by atoms with Crippen LogP contribution in [0.4, 0.5) is 5.69 Å². The molecule has 0 unspecified atom stereocenters. The molecule has 0 radical (unpaired) electrons. The molecule has 0 fully saturated rings. The van der Waals surface area contributed by atoms with E-state index in [2.05, 4.69) is 0 Å². The second-order valence-electron chi connectivity index (χ2n) is 6.90. The molecule has 0 saturated carbocycles. The van der Waals surface area contributed by atoms with Crippen LogP contribution in [0, 0.1) is 10.1 Å². The fraction of sp³-hybridized carbons (Fsp3) is 0.273. The van der Waals surface area contributed by atoms with Crippen LogP contribution in [0.3, 0.4) is 0 Å². The minimum absolute atomic E-state index is 0.122. The van der Waals surface area contributed by atoms with E-state index in [1.807, 2.05) is 0 Å². The molecule has 0 atom stereocenters. The van der Waals surface area contributed by atoms with Crippen LogP contribution in [-0.4, -0.2) is 52.3 Å². The van der Waals surface area contributed by atoms with Gasteiger partial charge in [-0.3, -0.25) is 19.7 Å². The van der Waals surface area contributed by atoms with Crippen LogP contribution in [0.5, 0.6) is 0 Å². The number of hydrogen-bond donors (Lipinski definition) is 0. The van der Waals surface area contributed by atoms with Crippen molar-refractivity contribution in [1.29, 1.82) is 0 Å². The zero-order valence-corrected chi connectivity index (χ0v) is 17.4. The average Bonchev–Trinajstić information content (AvgIpc) is 3.03. The summed E-state index contributed by atoms with van der Waals surface area (Å²) in [4.78, 5) is 63.9. The fourth-order valence-electron chi connectivity index (χ4n) is 3.57. The second kappa shape index (κ2) is 8.96. The monoisotopic (exact) mass is 440 g/mol. The number of ether oxygens (including phenoxy) is 2. The van der Waals surface area contributed by atoms with Crippen molar-refractivity contribution in [3.63, 3.8) is 0 Å². The van der Waals surface area contributed by atoms with Crippen LogP contribution in [0.2, 0.25) is 0 Å². The summed E-state index contributed by atoms with van der Waals surface area (Å²) in [5, 5.41) is 11.1. The number of amides is 2. The molecule has 1 heterocycles. The van der Waals surface area contributed by atoms with Gasteiger partial charge in [0, 0.05) is 18.6 Å². The molecule has 10 nitrogen and oxygen atoms in total. The normalized spacial score (nSPS) is 13.0. The summed E-state index contributed by atoms with van der Waals surface area (Å²) in [6.07, 6.45) is -0.390. The number of nitro benzene ring substituents is 1. The molecule has 10 heteroatoms. The number of fused-ring (bicyclic) bond motifs is 1.